The summed E-state index contributed by atoms with van der Waals surface area (Å²) >= 11 is 0. The number of aliphatic hydroxyl groups is 1. The topological polar surface area (TPSA) is 44.0 Å². The fraction of sp³-hybridized carbons (Fsp3) is 0.400. The second-order valence-electron chi connectivity index (χ2n) is 1.22. The van der Waals surface area contributed by atoms with Gasteiger partial charge in [0.1, 0.15) is 0 Å². The van der Waals surface area contributed by atoms with Gasteiger partial charge in [0.05, 0.1) is 11.8 Å². The minimum absolute atomic E-state index is 0.0848. The molecule has 0 radical (unpaired) electrons. The molecule has 0 aliphatic heterocycles. The molecule has 0 atom stereocenters. The van der Waals surface area contributed by atoms with Gasteiger partial charge in [-0.3, -0.25) is 0 Å². The summed E-state index contributed by atoms with van der Waals surface area (Å²) in [6.07, 6.45) is 0.756. The first-order valence-corrected chi connectivity index (χ1v) is 2.01. The van der Waals surface area contributed by atoms with Gasteiger partial charge in [0.15, 0.2) is 0 Å². The predicted octanol–water partition coefficient (Wildman–Crippen LogP) is 1.36. The molecule has 2 nitrogen and oxygen atoms in total. The Labute approximate surface area is 42.7 Å². The second kappa shape index (κ2) is 3.23. The number of nitrogens with zero attached hydrogens (tertiary/aromatic N) is 1. The molecule has 0 unspecified atom stereocenters. The van der Waals surface area contributed by atoms with Crippen molar-refractivity contribution in [3.05, 3.63) is 12.3 Å². The molecule has 1 N–H and O–H groups in total. The number of hydrogen-bond acceptors (Lipinski definition) is 2. The zero-order chi connectivity index (χ0) is 5.70. The highest BCUT2D eigenvalue weighted by atomic mass is 16.3. The van der Waals surface area contributed by atoms with Crippen molar-refractivity contribution in [1.82, 2.24) is 0 Å². The molecule has 0 spiro atoms. The lowest BCUT2D eigenvalue weighted by Gasteiger charge is -1.85. The van der Waals surface area contributed by atoms with Crippen molar-refractivity contribution in [2.75, 3.05) is 0 Å². The predicted molar refractivity (Wildman–Crippen MR) is 26.6 cm³/mol. The van der Waals surface area contributed by atoms with E-state index in [1.165, 1.54) is 0 Å². The first kappa shape index (κ1) is 6.03. The highest BCUT2D eigenvalue weighted by Crippen LogP contribution is 1.93. The smallest absolute Gasteiger partial charge is 0.0861 e. The van der Waals surface area contributed by atoms with Crippen LogP contribution in [0.1, 0.15) is 12.8 Å². The van der Waals surface area contributed by atoms with Crippen molar-refractivity contribution in [1.29, 1.82) is 5.26 Å². The molecule has 0 aromatic carbocycles. The highest BCUT2D eigenvalue weighted by Gasteiger charge is 1.83. The monoisotopic (exact) mass is 97.1 g/mol. The third-order valence-electron chi connectivity index (χ3n) is 0.525. The van der Waals surface area contributed by atoms with E-state index in [4.69, 9.17) is 10.4 Å². The minimum atomic E-state index is 0.0848. The number of hydrogen-bond donors (Lipinski definition) is 1. The van der Waals surface area contributed by atoms with Gasteiger partial charge in [-0.2, -0.15) is 5.26 Å². The average molecular weight is 97.1 g/mol. The molecule has 0 aliphatic rings. The molecular formula is C5H7NO. The lowest BCUT2D eigenvalue weighted by Crippen LogP contribution is -1.73. The van der Waals surface area contributed by atoms with E-state index < -0.39 is 0 Å². The molecular weight excluding hydrogens is 90.1 g/mol. The quantitative estimate of drug-likeness (QED) is 0.529. The maximum absolute atomic E-state index is 8.34. The number of rotatable bonds is 2. The standard InChI is InChI=1S/C5H7NO/c1-5(7)3-2-4-6/h7H,1-3H2. The maximum atomic E-state index is 8.34. The SMILES string of the molecule is C=C(O)CCC#N. The summed E-state index contributed by atoms with van der Waals surface area (Å²) in [7, 11) is 0. The lowest BCUT2D eigenvalue weighted by molar-refractivity contribution is 0.393. The van der Waals surface area contributed by atoms with E-state index in [2.05, 4.69) is 6.58 Å². The Morgan fingerprint density at radius 2 is 2.43 bits per heavy atom. The van der Waals surface area contributed by atoms with Crippen LogP contribution in [-0.2, 0) is 0 Å². The fourth-order valence-electron chi connectivity index (χ4n) is 0.200. The van der Waals surface area contributed by atoms with Gasteiger partial charge in [-0.15, -0.1) is 0 Å². The van der Waals surface area contributed by atoms with Gasteiger partial charge in [-0.25, -0.2) is 0 Å². The first-order valence-electron chi connectivity index (χ1n) is 2.01. The van der Waals surface area contributed by atoms with Crippen molar-refractivity contribution in [3.8, 4) is 6.07 Å². The van der Waals surface area contributed by atoms with E-state index in [-0.39, 0.29) is 5.76 Å². The molecule has 0 fully saturated rings. The van der Waals surface area contributed by atoms with Gasteiger partial charge < -0.3 is 5.11 Å². The molecule has 0 heterocycles. The van der Waals surface area contributed by atoms with Crippen molar-refractivity contribution in [2.45, 2.75) is 12.8 Å². The van der Waals surface area contributed by atoms with Crippen LogP contribution in [0.4, 0.5) is 0 Å². The third kappa shape index (κ3) is 5.03. The van der Waals surface area contributed by atoms with E-state index in [1.54, 1.807) is 0 Å². The second-order valence-corrected chi connectivity index (χ2v) is 1.22. The Hall–Kier alpha value is -0.970. The van der Waals surface area contributed by atoms with Crippen molar-refractivity contribution in [3.63, 3.8) is 0 Å². The molecule has 0 amide bonds. The molecule has 7 heavy (non-hydrogen) atoms. The van der Waals surface area contributed by atoms with E-state index in [0.717, 1.165) is 0 Å². The summed E-state index contributed by atoms with van der Waals surface area (Å²) in [5.41, 5.74) is 0. The van der Waals surface area contributed by atoms with E-state index in [0.29, 0.717) is 12.8 Å². The van der Waals surface area contributed by atoms with E-state index in [9.17, 15) is 0 Å². The average Bonchev–Trinajstić information content (AvgIpc) is 1.61. The van der Waals surface area contributed by atoms with Crippen molar-refractivity contribution >= 4 is 0 Å². The fourth-order valence-corrected chi connectivity index (χ4v) is 0.200. The summed E-state index contributed by atoms with van der Waals surface area (Å²) in [4.78, 5) is 0. The van der Waals surface area contributed by atoms with Crippen LogP contribution in [0.2, 0.25) is 0 Å². The highest BCUT2D eigenvalue weighted by molar-refractivity contribution is 4.84. The van der Waals surface area contributed by atoms with Crippen LogP contribution in [0.3, 0.4) is 0 Å². The summed E-state index contributed by atoms with van der Waals surface area (Å²) in [6, 6.07) is 1.88. The van der Waals surface area contributed by atoms with E-state index >= 15 is 0 Å². The van der Waals surface area contributed by atoms with Crippen LogP contribution >= 0.6 is 0 Å². The Morgan fingerprint density at radius 3 is 2.57 bits per heavy atom. The van der Waals surface area contributed by atoms with Gasteiger partial charge in [0.25, 0.3) is 0 Å². The molecule has 0 aliphatic carbocycles. The maximum Gasteiger partial charge on any atom is 0.0861 e. The number of aliphatic hydroxyl groups excluding tert-OH is 1. The molecule has 0 saturated heterocycles. The van der Waals surface area contributed by atoms with Crippen LogP contribution in [-0.4, -0.2) is 5.11 Å². The van der Waals surface area contributed by atoms with Crippen LogP contribution in [0.15, 0.2) is 12.3 Å². The summed E-state index contributed by atoms with van der Waals surface area (Å²) < 4.78 is 0. The number of allylic oxidation sites excluding steroid dienone is 1. The molecule has 2 heteroatoms. The lowest BCUT2D eigenvalue weighted by atomic mass is 10.3. The molecule has 0 saturated carbocycles. The Bertz CT molecular complexity index is 101. The van der Waals surface area contributed by atoms with Gasteiger partial charge in [-0.1, -0.05) is 6.58 Å². The first-order chi connectivity index (χ1) is 3.27. The molecule has 38 valence electrons. The molecule has 0 bridgehead atoms. The van der Waals surface area contributed by atoms with E-state index in [1.807, 2.05) is 6.07 Å². The summed E-state index contributed by atoms with van der Waals surface area (Å²) in [5.74, 6) is 0.0848. The Morgan fingerprint density at radius 1 is 1.86 bits per heavy atom. The van der Waals surface area contributed by atoms with Gasteiger partial charge in [0.2, 0.25) is 0 Å². The van der Waals surface area contributed by atoms with Crippen LogP contribution in [0.25, 0.3) is 0 Å². The Kier molecular flexibility index (Phi) is 2.78. The zero-order valence-corrected chi connectivity index (χ0v) is 4.02. The largest absolute Gasteiger partial charge is 0.513 e. The normalized spacial score (nSPS) is 7.29. The molecule has 0 aromatic heterocycles. The zero-order valence-electron chi connectivity index (χ0n) is 4.02. The molecule has 0 aromatic rings. The van der Waals surface area contributed by atoms with Crippen LogP contribution in [0, 0.1) is 11.3 Å². The van der Waals surface area contributed by atoms with Crippen molar-refractivity contribution < 1.29 is 5.11 Å². The van der Waals surface area contributed by atoms with Crippen LogP contribution in [0.5, 0.6) is 0 Å². The number of nitriles is 1. The third-order valence-corrected chi connectivity index (χ3v) is 0.525. The van der Waals surface area contributed by atoms with Crippen molar-refractivity contribution in [2.24, 2.45) is 0 Å². The minimum Gasteiger partial charge on any atom is -0.513 e. The van der Waals surface area contributed by atoms with Crippen LogP contribution < -0.4 is 0 Å². The van der Waals surface area contributed by atoms with Gasteiger partial charge in [0, 0.05) is 12.8 Å². The van der Waals surface area contributed by atoms with Gasteiger partial charge >= 0.3 is 0 Å². The van der Waals surface area contributed by atoms with Gasteiger partial charge in [-0.05, 0) is 0 Å². The summed E-state index contributed by atoms with van der Waals surface area (Å²) in [6.45, 7) is 3.20. The summed E-state index contributed by atoms with van der Waals surface area (Å²) in [5, 5.41) is 16.3. The Balaban J connectivity index is 3.02. The molecule has 0 rings (SSSR count).